The molecule has 5 nitrogen and oxygen atoms in total. The van der Waals surface area contributed by atoms with Crippen LogP contribution in [0.2, 0.25) is 0 Å². The van der Waals surface area contributed by atoms with E-state index >= 15 is 0 Å². The minimum atomic E-state index is -0.417. The van der Waals surface area contributed by atoms with Gasteiger partial charge in [0.2, 0.25) is 5.91 Å². The molecule has 0 spiro atoms. The van der Waals surface area contributed by atoms with E-state index in [0.29, 0.717) is 25.2 Å². The first kappa shape index (κ1) is 13.5. The van der Waals surface area contributed by atoms with Crippen LogP contribution in [0, 0.1) is 0 Å². The first-order chi connectivity index (χ1) is 9.13. The summed E-state index contributed by atoms with van der Waals surface area (Å²) in [7, 11) is 0. The zero-order valence-electron chi connectivity index (χ0n) is 11.1. The second-order valence-electron chi connectivity index (χ2n) is 4.70. The lowest BCUT2D eigenvalue weighted by Gasteiger charge is -2.32. The van der Waals surface area contributed by atoms with Crippen LogP contribution < -0.4 is 11.1 Å². The fourth-order valence-corrected chi connectivity index (χ4v) is 2.25. The zero-order valence-corrected chi connectivity index (χ0v) is 11.1. The molecule has 0 aromatic heterocycles. The number of piperazine rings is 1. The van der Waals surface area contributed by atoms with Crippen molar-refractivity contribution >= 4 is 11.8 Å². The number of amides is 2. The van der Waals surface area contributed by atoms with Crippen LogP contribution in [0.3, 0.4) is 0 Å². The van der Waals surface area contributed by atoms with Gasteiger partial charge >= 0.3 is 0 Å². The van der Waals surface area contributed by atoms with Gasteiger partial charge in [-0.3, -0.25) is 9.59 Å². The van der Waals surface area contributed by atoms with Crippen molar-refractivity contribution in [3.63, 3.8) is 0 Å². The monoisotopic (exact) mass is 261 g/mol. The van der Waals surface area contributed by atoms with E-state index in [1.165, 1.54) is 0 Å². The largest absolute Gasteiger partial charge is 0.353 e. The normalized spacial score (nSPS) is 19.2. The van der Waals surface area contributed by atoms with E-state index in [2.05, 4.69) is 5.32 Å². The van der Waals surface area contributed by atoms with Gasteiger partial charge in [-0.05, 0) is 37.6 Å². The van der Waals surface area contributed by atoms with Crippen LogP contribution in [-0.4, -0.2) is 42.4 Å². The molecule has 2 rings (SSSR count). The van der Waals surface area contributed by atoms with Crippen molar-refractivity contribution in [2.75, 3.05) is 19.6 Å². The molecule has 1 aromatic carbocycles. The summed E-state index contributed by atoms with van der Waals surface area (Å²) in [6.07, 6.45) is 0.747. The molecule has 1 saturated heterocycles. The van der Waals surface area contributed by atoms with Gasteiger partial charge in [-0.1, -0.05) is 12.1 Å². The van der Waals surface area contributed by atoms with Gasteiger partial charge in [0.1, 0.15) is 6.04 Å². The summed E-state index contributed by atoms with van der Waals surface area (Å²) in [6.45, 7) is 3.36. The zero-order chi connectivity index (χ0) is 13.8. The SMILES string of the molecule is CC1C(=O)NCCN1C(=O)c1cccc(CCN)c1. The maximum atomic E-state index is 12.4. The molecule has 2 amide bonds. The van der Waals surface area contributed by atoms with Gasteiger partial charge in [0.25, 0.3) is 5.91 Å². The summed E-state index contributed by atoms with van der Waals surface area (Å²) < 4.78 is 0. The number of carbonyl (C=O) groups excluding carboxylic acids is 2. The van der Waals surface area contributed by atoms with E-state index in [-0.39, 0.29) is 11.8 Å². The highest BCUT2D eigenvalue weighted by Crippen LogP contribution is 2.13. The van der Waals surface area contributed by atoms with E-state index in [1.54, 1.807) is 17.9 Å². The molecule has 0 saturated carbocycles. The Morgan fingerprint density at radius 3 is 3.05 bits per heavy atom. The van der Waals surface area contributed by atoms with Gasteiger partial charge in [-0.15, -0.1) is 0 Å². The Labute approximate surface area is 112 Å². The summed E-state index contributed by atoms with van der Waals surface area (Å²) in [6, 6.07) is 7.03. The lowest BCUT2D eigenvalue weighted by molar-refractivity contribution is -0.127. The molecule has 5 heteroatoms. The summed E-state index contributed by atoms with van der Waals surface area (Å²) in [5.74, 6) is -0.195. The van der Waals surface area contributed by atoms with Crippen molar-refractivity contribution in [1.82, 2.24) is 10.2 Å². The van der Waals surface area contributed by atoms with Crippen molar-refractivity contribution < 1.29 is 9.59 Å². The standard InChI is InChI=1S/C14H19N3O2/c1-10-13(18)16-7-8-17(10)14(19)12-4-2-3-11(9-12)5-6-15/h2-4,9-10H,5-8,15H2,1H3,(H,16,18). The molecule has 1 heterocycles. The van der Waals surface area contributed by atoms with Crippen LogP contribution in [-0.2, 0) is 11.2 Å². The molecule has 0 aliphatic carbocycles. The van der Waals surface area contributed by atoms with Crippen LogP contribution in [0.4, 0.5) is 0 Å². The first-order valence-electron chi connectivity index (χ1n) is 6.51. The Hall–Kier alpha value is -1.88. The molecule has 1 aromatic rings. The molecule has 1 aliphatic rings. The fraction of sp³-hybridized carbons (Fsp3) is 0.429. The van der Waals surface area contributed by atoms with Gasteiger partial charge in [0, 0.05) is 18.7 Å². The van der Waals surface area contributed by atoms with Crippen molar-refractivity contribution in [2.24, 2.45) is 5.73 Å². The van der Waals surface area contributed by atoms with Crippen LogP contribution in [0.15, 0.2) is 24.3 Å². The highest BCUT2D eigenvalue weighted by molar-refractivity contribution is 5.98. The predicted octanol–water partition coefficient (Wildman–Crippen LogP) is 0.148. The molecule has 102 valence electrons. The van der Waals surface area contributed by atoms with E-state index in [0.717, 1.165) is 12.0 Å². The molecule has 1 unspecified atom stereocenters. The van der Waals surface area contributed by atoms with Crippen LogP contribution in [0.25, 0.3) is 0 Å². The van der Waals surface area contributed by atoms with Gasteiger partial charge < -0.3 is 16.0 Å². The fourth-order valence-electron chi connectivity index (χ4n) is 2.25. The highest BCUT2D eigenvalue weighted by atomic mass is 16.2. The third-order valence-electron chi connectivity index (χ3n) is 3.37. The Kier molecular flexibility index (Phi) is 4.16. The van der Waals surface area contributed by atoms with Crippen molar-refractivity contribution in [3.8, 4) is 0 Å². The second kappa shape index (κ2) is 5.84. The van der Waals surface area contributed by atoms with Crippen LogP contribution >= 0.6 is 0 Å². The lowest BCUT2D eigenvalue weighted by Crippen LogP contribution is -2.55. The highest BCUT2D eigenvalue weighted by Gasteiger charge is 2.29. The number of benzene rings is 1. The lowest BCUT2D eigenvalue weighted by atomic mass is 10.1. The van der Waals surface area contributed by atoms with Gasteiger partial charge in [-0.25, -0.2) is 0 Å². The molecule has 0 radical (unpaired) electrons. The van der Waals surface area contributed by atoms with E-state index in [4.69, 9.17) is 5.73 Å². The Morgan fingerprint density at radius 1 is 1.53 bits per heavy atom. The number of nitrogens with zero attached hydrogens (tertiary/aromatic N) is 1. The maximum Gasteiger partial charge on any atom is 0.254 e. The first-order valence-corrected chi connectivity index (χ1v) is 6.51. The van der Waals surface area contributed by atoms with Crippen molar-refractivity contribution in [2.45, 2.75) is 19.4 Å². The third-order valence-corrected chi connectivity index (χ3v) is 3.37. The average Bonchev–Trinajstić information content (AvgIpc) is 2.42. The van der Waals surface area contributed by atoms with Gasteiger partial charge in [0.05, 0.1) is 0 Å². The Morgan fingerprint density at radius 2 is 2.32 bits per heavy atom. The average molecular weight is 261 g/mol. The third kappa shape index (κ3) is 2.93. The Bertz CT molecular complexity index is 487. The topological polar surface area (TPSA) is 75.4 Å². The van der Waals surface area contributed by atoms with E-state index in [1.807, 2.05) is 18.2 Å². The number of rotatable bonds is 3. The molecule has 1 fully saturated rings. The molecule has 0 bridgehead atoms. The van der Waals surface area contributed by atoms with Crippen molar-refractivity contribution in [3.05, 3.63) is 35.4 Å². The van der Waals surface area contributed by atoms with E-state index in [9.17, 15) is 9.59 Å². The molecule has 1 atom stereocenters. The summed E-state index contributed by atoms with van der Waals surface area (Å²) >= 11 is 0. The molecule has 1 aliphatic heterocycles. The molecule has 19 heavy (non-hydrogen) atoms. The van der Waals surface area contributed by atoms with Crippen LogP contribution in [0.5, 0.6) is 0 Å². The number of carbonyl (C=O) groups is 2. The number of nitrogens with two attached hydrogens (primary N) is 1. The minimum absolute atomic E-state index is 0.0961. The van der Waals surface area contributed by atoms with Crippen molar-refractivity contribution in [1.29, 1.82) is 0 Å². The van der Waals surface area contributed by atoms with Gasteiger partial charge in [-0.2, -0.15) is 0 Å². The molecular weight excluding hydrogens is 242 g/mol. The number of nitrogens with one attached hydrogen (secondary N) is 1. The minimum Gasteiger partial charge on any atom is -0.353 e. The maximum absolute atomic E-state index is 12.4. The van der Waals surface area contributed by atoms with E-state index < -0.39 is 6.04 Å². The smallest absolute Gasteiger partial charge is 0.254 e. The predicted molar refractivity (Wildman–Crippen MR) is 72.7 cm³/mol. The summed E-state index contributed by atoms with van der Waals surface area (Å²) in [5.41, 5.74) is 7.18. The molecule has 3 N–H and O–H groups in total. The summed E-state index contributed by atoms with van der Waals surface area (Å²) in [4.78, 5) is 25.6. The quantitative estimate of drug-likeness (QED) is 0.813. The molecular formula is C14H19N3O2. The second-order valence-corrected chi connectivity index (χ2v) is 4.70. The number of hydrogen-bond acceptors (Lipinski definition) is 3. The number of hydrogen-bond donors (Lipinski definition) is 2. The Balaban J connectivity index is 2.18. The van der Waals surface area contributed by atoms with Crippen LogP contribution in [0.1, 0.15) is 22.8 Å². The van der Waals surface area contributed by atoms with Gasteiger partial charge in [0.15, 0.2) is 0 Å². The summed E-state index contributed by atoms with van der Waals surface area (Å²) in [5, 5.41) is 2.75.